The first kappa shape index (κ1) is 16.0. The summed E-state index contributed by atoms with van der Waals surface area (Å²) in [4.78, 5) is 2.40. The molecule has 1 spiro atoms. The van der Waals surface area contributed by atoms with Gasteiger partial charge in [-0.15, -0.1) is 0 Å². The first-order valence-electron chi connectivity index (χ1n) is 9.07. The summed E-state index contributed by atoms with van der Waals surface area (Å²) in [5.41, 5.74) is 2.90. The fraction of sp³-hybridized carbons (Fsp3) is 0.833. The van der Waals surface area contributed by atoms with Gasteiger partial charge in [0.1, 0.15) is 0 Å². The molecular formula is C18H31N3O. The van der Waals surface area contributed by atoms with Crippen molar-refractivity contribution in [3.63, 3.8) is 0 Å². The van der Waals surface area contributed by atoms with Crippen LogP contribution in [0.5, 0.6) is 0 Å². The van der Waals surface area contributed by atoms with Gasteiger partial charge in [0.25, 0.3) is 0 Å². The van der Waals surface area contributed by atoms with Gasteiger partial charge < -0.3 is 9.64 Å². The third-order valence-corrected chi connectivity index (χ3v) is 5.55. The van der Waals surface area contributed by atoms with Gasteiger partial charge >= 0.3 is 0 Å². The van der Waals surface area contributed by atoms with Crippen LogP contribution in [0.15, 0.2) is 6.20 Å². The van der Waals surface area contributed by atoms with Gasteiger partial charge in [-0.1, -0.05) is 26.2 Å². The molecule has 0 bridgehead atoms. The van der Waals surface area contributed by atoms with Crippen LogP contribution in [0.4, 0.5) is 0 Å². The highest BCUT2D eigenvalue weighted by atomic mass is 16.5. The van der Waals surface area contributed by atoms with Crippen LogP contribution in [0.3, 0.4) is 0 Å². The number of nitrogens with one attached hydrogen (secondary N) is 1. The van der Waals surface area contributed by atoms with Gasteiger partial charge in [-0.25, -0.2) is 0 Å². The number of aromatic nitrogens is 2. The molecule has 2 aliphatic rings. The van der Waals surface area contributed by atoms with E-state index >= 15 is 0 Å². The Bertz CT molecular complexity index is 455. The maximum absolute atomic E-state index is 6.33. The van der Waals surface area contributed by atoms with Crippen LogP contribution >= 0.6 is 0 Å². The maximum atomic E-state index is 6.33. The minimum absolute atomic E-state index is 0.231. The molecule has 22 heavy (non-hydrogen) atoms. The normalized spacial score (nSPS) is 24.4. The van der Waals surface area contributed by atoms with Gasteiger partial charge in [0.2, 0.25) is 0 Å². The molecule has 1 saturated heterocycles. The van der Waals surface area contributed by atoms with Crippen molar-refractivity contribution >= 4 is 0 Å². The molecular weight excluding hydrogens is 274 g/mol. The monoisotopic (exact) mass is 305 g/mol. The minimum atomic E-state index is 0.231. The number of hydrogen-bond donors (Lipinski definition) is 1. The summed E-state index contributed by atoms with van der Waals surface area (Å²) in [6.45, 7) is 5.27. The van der Waals surface area contributed by atoms with E-state index in [9.17, 15) is 0 Å². The lowest BCUT2D eigenvalue weighted by atomic mass is 9.85. The van der Waals surface area contributed by atoms with Crippen molar-refractivity contribution < 1.29 is 4.74 Å². The third kappa shape index (κ3) is 3.54. The standard InChI is InChI=1S/C18H31N3O/c1-3-4-11-21(2)13-16-12-19-20-17(16)15-7-10-18(22-14-15)8-5-6-9-18/h12,15H,3-11,13-14H2,1-2H3,(H,19,20)/t15-/m0/s1. The number of H-pyrrole nitrogens is 1. The zero-order valence-electron chi connectivity index (χ0n) is 14.2. The fourth-order valence-corrected chi connectivity index (χ4v) is 4.11. The van der Waals surface area contributed by atoms with Gasteiger partial charge in [0, 0.05) is 23.7 Å². The minimum Gasteiger partial charge on any atom is -0.374 e. The summed E-state index contributed by atoms with van der Waals surface area (Å²) in [5, 5.41) is 7.57. The molecule has 0 radical (unpaired) electrons. The summed E-state index contributed by atoms with van der Waals surface area (Å²) in [5.74, 6) is 0.503. The Hall–Kier alpha value is -0.870. The zero-order valence-corrected chi connectivity index (χ0v) is 14.2. The molecule has 1 N–H and O–H groups in total. The average Bonchev–Trinajstić information content (AvgIpc) is 3.16. The van der Waals surface area contributed by atoms with Gasteiger partial charge in [-0.2, -0.15) is 5.10 Å². The largest absolute Gasteiger partial charge is 0.374 e. The molecule has 0 amide bonds. The van der Waals surface area contributed by atoms with Gasteiger partial charge in [-0.05, 0) is 45.7 Å². The maximum Gasteiger partial charge on any atom is 0.0683 e. The van der Waals surface area contributed by atoms with E-state index in [2.05, 4.69) is 29.1 Å². The SMILES string of the molecule is CCCCN(C)Cc1cn[nH]c1[C@H]1CCC2(CCCC2)OC1. The topological polar surface area (TPSA) is 41.2 Å². The molecule has 4 nitrogen and oxygen atoms in total. The van der Waals surface area contributed by atoms with Crippen LogP contribution in [0.1, 0.15) is 75.5 Å². The van der Waals surface area contributed by atoms with Crippen molar-refractivity contribution in [1.29, 1.82) is 0 Å². The quantitative estimate of drug-likeness (QED) is 0.868. The third-order valence-electron chi connectivity index (χ3n) is 5.55. The van der Waals surface area contributed by atoms with E-state index in [-0.39, 0.29) is 5.60 Å². The Morgan fingerprint density at radius 2 is 2.18 bits per heavy atom. The van der Waals surface area contributed by atoms with Gasteiger partial charge in [-0.3, -0.25) is 5.10 Å². The van der Waals surface area contributed by atoms with Crippen LogP contribution in [-0.4, -0.2) is 40.9 Å². The lowest BCUT2D eigenvalue weighted by molar-refractivity contribution is -0.0824. The summed E-state index contributed by atoms with van der Waals surface area (Å²) in [7, 11) is 2.21. The lowest BCUT2D eigenvalue weighted by Crippen LogP contribution is -2.36. The Labute approximate surface area is 134 Å². The van der Waals surface area contributed by atoms with E-state index in [1.54, 1.807) is 0 Å². The smallest absolute Gasteiger partial charge is 0.0683 e. The second kappa shape index (κ2) is 7.14. The van der Waals surface area contributed by atoms with Crippen molar-refractivity contribution in [2.45, 2.75) is 76.4 Å². The second-order valence-electron chi connectivity index (χ2n) is 7.34. The molecule has 124 valence electrons. The molecule has 2 fully saturated rings. The van der Waals surface area contributed by atoms with Crippen molar-refractivity contribution in [2.24, 2.45) is 0 Å². The molecule has 1 aliphatic heterocycles. The van der Waals surface area contributed by atoms with Crippen molar-refractivity contribution in [1.82, 2.24) is 15.1 Å². The number of unbranched alkanes of at least 4 members (excludes halogenated alkanes) is 1. The van der Waals surface area contributed by atoms with Crippen LogP contribution in [-0.2, 0) is 11.3 Å². The molecule has 1 atom stereocenters. The molecule has 1 aliphatic carbocycles. The summed E-state index contributed by atoms with van der Waals surface area (Å²) >= 11 is 0. The second-order valence-corrected chi connectivity index (χ2v) is 7.34. The van der Waals surface area contributed by atoms with Crippen LogP contribution < -0.4 is 0 Å². The van der Waals surface area contributed by atoms with Gasteiger partial charge in [0.05, 0.1) is 18.4 Å². The molecule has 1 aromatic heterocycles. The summed E-state index contributed by atoms with van der Waals surface area (Å²) in [6.07, 6.45) is 12.2. The molecule has 0 aromatic carbocycles. The summed E-state index contributed by atoms with van der Waals surface area (Å²) in [6, 6.07) is 0. The first-order valence-corrected chi connectivity index (χ1v) is 9.07. The number of hydrogen-bond acceptors (Lipinski definition) is 3. The van der Waals surface area contributed by atoms with Crippen molar-refractivity contribution in [3.8, 4) is 0 Å². The van der Waals surface area contributed by atoms with E-state index in [1.807, 2.05) is 6.20 Å². The highest BCUT2D eigenvalue weighted by molar-refractivity contribution is 5.21. The van der Waals surface area contributed by atoms with Crippen molar-refractivity contribution in [3.05, 3.63) is 17.5 Å². The lowest BCUT2D eigenvalue weighted by Gasteiger charge is -2.37. The molecule has 1 saturated carbocycles. The number of ether oxygens (including phenoxy) is 1. The Morgan fingerprint density at radius 1 is 1.36 bits per heavy atom. The van der Waals surface area contributed by atoms with E-state index < -0.39 is 0 Å². The van der Waals surface area contributed by atoms with E-state index in [1.165, 1.54) is 62.6 Å². The number of nitrogens with zero attached hydrogens (tertiary/aromatic N) is 2. The zero-order chi connectivity index (χ0) is 15.4. The van der Waals surface area contributed by atoms with E-state index in [0.717, 1.165) is 19.7 Å². The Morgan fingerprint density at radius 3 is 2.86 bits per heavy atom. The highest BCUT2D eigenvalue weighted by Gasteiger charge is 2.39. The molecule has 3 rings (SSSR count). The van der Waals surface area contributed by atoms with Crippen LogP contribution in [0.25, 0.3) is 0 Å². The molecule has 1 aromatic rings. The predicted octanol–water partition coefficient (Wildman–Crippen LogP) is 3.85. The van der Waals surface area contributed by atoms with E-state index in [4.69, 9.17) is 4.74 Å². The number of rotatable bonds is 6. The van der Waals surface area contributed by atoms with Crippen LogP contribution in [0.2, 0.25) is 0 Å². The summed E-state index contributed by atoms with van der Waals surface area (Å²) < 4.78 is 6.33. The predicted molar refractivity (Wildman–Crippen MR) is 89.0 cm³/mol. The fourth-order valence-electron chi connectivity index (χ4n) is 4.11. The first-order chi connectivity index (χ1) is 10.7. The molecule has 4 heteroatoms. The number of aromatic amines is 1. The van der Waals surface area contributed by atoms with E-state index in [0.29, 0.717) is 5.92 Å². The van der Waals surface area contributed by atoms with Gasteiger partial charge in [0.15, 0.2) is 0 Å². The highest BCUT2D eigenvalue weighted by Crippen LogP contribution is 2.43. The molecule has 2 heterocycles. The van der Waals surface area contributed by atoms with Crippen molar-refractivity contribution in [2.75, 3.05) is 20.2 Å². The van der Waals surface area contributed by atoms with Crippen LogP contribution in [0, 0.1) is 0 Å². The molecule has 0 unspecified atom stereocenters. The Balaban J connectivity index is 1.58. The average molecular weight is 305 g/mol. The Kier molecular flexibility index (Phi) is 5.19.